The van der Waals surface area contributed by atoms with E-state index in [2.05, 4.69) is 43.5 Å². The summed E-state index contributed by atoms with van der Waals surface area (Å²) < 4.78 is 2.21. The Morgan fingerprint density at radius 3 is 2.67 bits per heavy atom. The molecule has 2 N–H and O–H groups in total. The molecule has 0 aliphatic rings. The molecule has 1 heterocycles. The molecule has 0 unspecified atom stereocenters. The quantitative estimate of drug-likeness (QED) is 0.689. The molecule has 4 heteroatoms. The maximum atomic E-state index is 6.16. The Kier molecular flexibility index (Phi) is 3.38. The number of anilines is 1. The molecule has 0 fully saturated rings. The fourth-order valence-corrected chi connectivity index (χ4v) is 2.83. The lowest BCUT2D eigenvalue weighted by atomic mass is 10.1. The number of aromatic nitrogens is 2. The summed E-state index contributed by atoms with van der Waals surface area (Å²) in [6.45, 7) is 6.36. The van der Waals surface area contributed by atoms with Gasteiger partial charge < -0.3 is 10.3 Å². The van der Waals surface area contributed by atoms with Crippen molar-refractivity contribution in [3.63, 3.8) is 0 Å². The van der Waals surface area contributed by atoms with E-state index in [1.165, 1.54) is 5.56 Å². The molecular weight excluding hydrogens is 282 g/mol. The number of para-hydroxylation sites is 1. The van der Waals surface area contributed by atoms with Crippen LogP contribution in [0.3, 0.4) is 0 Å². The third-order valence-electron chi connectivity index (χ3n) is 3.66. The van der Waals surface area contributed by atoms with Crippen LogP contribution in [0.4, 0.5) is 5.69 Å². The highest BCUT2D eigenvalue weighted by Gasteiger charge is 2.17. The summed E-state index contributed by atoms with van der Waals surface area (Å²) in [5.74, 6) is 0.866. The average Bonchev–Trinajstić information content (AvgIpc) is 2.80. The van der Waals surface area contributed by atoms with Gasteiger partial charge in [0, 0.05) is 11.6 Å². The predicted molar refractivity (Wildman–Crippen MR) is 89.7 cm³/mol. The fourth-order valence-electron chi connectivity index (χ4n) is 2.65. The number of rotatable bonds is 2. The Balaban J connectivity index is 2.36. The van der Waals surface area contributed by atoms with Gasteiger partial charge in [-0.25, -0.2) is 4.98 Å². The van der Waals surface area contributed by atoms with Gasteiger partial charge in [0.25, 0.3) is 0 Å². The molecule has 0 spiro atoms. The molecule has 3 aromatic rings. The van der Waals surface area contributed by atoms with Gasteiger partial charge in [0.15, 0.2) is 0 Å². The minimum atomic E-state index is 0.283. The molecule has 0 radical (unpaired) electrons. The Morgan fingerprint density at radius 2 is 1.95 bits per heavy atom. The third kappa shape index (κ3) is 2.28. The molecule has 0 aliphatic heterocycles. The molecule has 1 aromatic heterocycles. The van der Waals surface area contributed by atoms with Crippen molar-refractivity contribution in [2.45, 2.75) is 26.8 Å². The van der Waals surface area contributed by atoms with E-state index in [4.69, 9.17) is 22.3 Å². The van der Waals surface area contributed by atoms with E-state index in [0.717, 1.165) is 22.4 Å². The highest BCUT2D eigenvalue weighted by Crippen LogP contribution is 2.34. The van der Waals surface area contributed by atoms with Crippen molar-refractivity contribution >= 4 is 28.3 Å². The van der Waals surface area contributed by atoms with Crippen molar-refractivity contribution < 1.29 is 0 Å². The van der Waals surface area contributed by atoms with Gasteiger partial charge in [-0.15, -0.1) is 0 Å². The van der Waals surface area contributed by atoms with Crippen LogP contribution in [0.1, 0.15) is 25.5 Å². The van der Waals surface area contributed by atoms with Crippen LogP contribution >= 0.6 is 11.6 Å². The predicted octanol–water partition coefficient (Wildman–Crippen LogP) is 4.83. The second-order valence-corrected chi connectivity index (χ2v) is 6.00. The number of nitrogens with zero attached hydrogens (tertiary/aromatic N) is 2. The summed E-state index contributed by atoms with van der Waals surface area (Å²) in [5.41, 5.74) is 10.9. The van der Waals surface area contributed by atoms with Crippen LogP contribution in [-0.4, -0.2) is 9.55 Å². The number of fused-ring (bicyclic) bond motifs is 1. The van der Waals surface area contributed by atoms with Crippen molar-refractivity contribution in [1.29, 1.82) is 0 Å². The lowest BCUT2D eigenvalue weighted by Crippen LogP contribution is -2.04. The van der Waals surface area contributed by atoms with Crippen LogP contribution in [0.5, 0.6) is 0 Å². The first-order valence-electron chi connectivity index (χ1n) is 7.02. The summed E-state index contributed by atoms with van der Waals surface area (Å²) in [6.07, 6.45) is 0. The van der Waals surface area contributed by atoms with E-state index in [-0.39, 0.29) is 6.04 Å². The number of halogens is 1. The van der Waals surface area contributed by atoms with Crippen molar-refractivity contribution in [1.82, 2.24) is 9.55 Å². The van der Waals surface area contributed by atoms with E-state index < -0.39 is 0 Å². The van der Waals surface area contributed by atoms with Crippen molar-refractivity contribution in [2.24, 2.45) is 0 Å². The van der Waals surface area contributed by atoms with Gasteiger partial charge in [-0.2, -0.15) is 0 Å². The van der Waals surface area contributed by atoms with Gasteiger partial charge in [-0.1, -0.05) is 23.7 Å². The standard InChI is InChI=1S/C17H18ClN3/c1-10(2)21-15-8-7-11(3)9-14(15)20-17(21)12-5-4-6-13(18)16(12)19/h4-10H,19H2,1-3H3. The molecule has 0 saturated heterocycles. The molecule has 108 valence electrons. The molecule has 0 aliphatic carbocycles. The van der Waals surface area contributed by atoms with Crippen molar-refractivity contribution in [2.75, 3.05) is 5.73 Å². The molecule has 3 nitrogen and oxygen atoms in total. The Hall–Kier alpha value is -2.00. The van der Waals surface area contributed by atoms with E-state index in [1.54, 1.807) is 6.07 Å². The smallest absolute Gasteiger partial charge is 0.143 e. The second-order valence-electron chi connectivity index (χ2n) is 5.59. The lowest BCUT2D eigenvalue weighted by molar-refractivity contribution is 0.624. The molecular formula is C17H18ClN3. The zero-order valence-corrected chi connectivity index (χ0v) is 13.1. The molecule has 0 bridgehead atoms. The molecule has 3 rings (SSSR count). The van der Waals surface area contributed by atoms with Gasteiger partial charge >= 0.3 is 0 Å². The van der Waals surface area contributed by atoms with Gasteiger partial charge in [0.05, 0.1) is 21.7 Å². The number of hydrogen-bond acceptors (Lipinski definition) is 2. The summed E-state index contributed by atoms with van der Waals surface area (Å²) in [4.78, 5) is 4.79. The number of aryl methyl sites for hydroxylation is 1. The summed E-state index contributed by atoms with van der Waals surface area (Å²) in [6, 6.07) is 12.3. The fraction of sp³-hybridized carbons (Fsp3) is 0.235. The van der Waals surface area contributed by atoms with Gasteiger partial charge in [-0.05, 0) is 50.6 Å². The number of nitrogens with two attached hydrogens (primary N) is 1. The molecule has 0 saturated carbocycles. The Labute approximate surface area is 129 Å². The minimum absolute atomic E-state index is 0.283. The zero-order valence-electron chi connectivity index (χ0n) is 12.4. The molecule has 21 heavy (non-hydrogen) atoms. The van der Waals surface area contributed by atoms with E-state index in [0.29, 0.717) is 10.7 Å². The molecule has 2 aromatic carbocycles. The first-order valence-corrected chi connectivity index (χ1v) is 7.39. The zero-order chi connectivity index (χ0) is 15.1. The van der Waals surface area contributed by atoms with Crippen molar-refractivity contribution in [3.05, 3.63) is 47.0 Å². The number of hydrogen-bond donors (Lipinski definition) is 1. The Bertz CT molecular complexity index is 818. The van der Waals surface area contributed by atoms with Crippen molar-refractivity contribution in [3.8, 4) is 11.4 Å². The van der Waals surface area contributed by atoms with E-state index in [1.807, 2.05) is 12.1 Å². The highest BCUT2D eigenvalue weighted by atomic mass is 35.5. The van der Waals surface area contributed by atoms with Crippen LogP contribution in [-0.2, 0) is 0 Å². The van der Waals surface area contributed by atoms with Gasteiger partial charge in [0.1, 0.15) is 5.82 Å². The van der Waals surface area contributed by atoms with Gasteiger partial charge in [-0.3, -0.25) is 0 Å². The minimum Gasteiger partial charge on any atom is -0.397 e. The summed E-state index contributed by atoms with van der Waals surface area (Å²) in [7, 11) is 0. The van der Waals surface area contributed by atoms with Crippen LogP contribution in [0.15, 0.2) is 36.4 Å². The number of nitrogen functional groups attached to an aromatic ring is 1. The van der Waals surface area contributed by atoms with E-state index in [9.17, 15) is 0 Å². The van der Waals surface area contributed by atoms with Crippen LogP contribution in [0, 0.1) is 6.92 Å². The Morgan fingerprint density at radius 1 is 1.19 bits per heavy atom. The average molecular weight is 300 g/mol. The number of benzene rings is 2. The molecule has 0 atom stereocenters. The van der Waals surface area contributed by atoms with Crippen LogP contribution in [0.25, 0.3) is 22.4 Å². The number of imidazole rings is 1. The first kappa shape index (κ1) is 14.0. The SMILES string of the molecule is Cc1ccc2c(c1)nc(-c1cccc(Cl)c1N)n2C(C)C. The normalized spacial score (nSPS) is 11.5. The monoisotopic (exact) mass is 299 g/mol. The largest absolute Gasteiger partial charge is 0.397 e. The maximum absolute atomic E-state index is 6.16. The van der Waals surface area contributed by atoms with Crippen LogP contribution in [0.2, 0.25) is 5.02 Å². The summed E-state index contributed by atoms with van der Waals surface area (Å²) in [5, 5.41) is 0.561. The second kappa shape index (κ2) is 5.08. The summed E-state index contributed by atoms with van der Waals surface area (Å²) >= 11 is 6.16. The maximum Gasteiger partial charge on any atom is 0.143 e. The molecule has 0 amide bonds. The lowest BCUT2D eigenvalue weighted by Gasteiger charge is -2.14. The van der Waals surface area contributed by atoms with E-state index >= 15 is 0 Å². The van der Waals surface area contributed by atoms with Gasteiger partial charge in [0.2, 0.25) is 0 Å². The first-order chi connectivity index (χ1) is 9.99. The van der Waals surface area contributed by atoms with Crippen LogP contribution < -0.4 is 5.73 Å². The highest BCUT2D eigenvalue weighted by molar-refractivity contribution is 6.33. The topological polar surface area (TPSA) is 43.8 Å². The third-order valence-corrected chi connectivity index (χ3v) is 3.98.